The Bertz CT molecular complexity index is 423. The molecule has 0 atom stereocenters. The van der Waals surface area contributed by atoms with Crippen molar-refractivity contribution in [2.45, 2.75) is 19.4 Å². The molecule has 18 heavy (non-hydrogen) atoms. The molecule has 4 nitrogen and oxygen atoms in total. The van der Waals surface area contributed by atoms with Crippen molar-refractivity contribution in [3.63, 3.8) is 0 Å². The van der Waals surface area contributed by atoms with Crippen LogP contribution in [0.4, 0.5) is 0 Å². The number of benzene rings is 1. The maximum atomic E-state index is 11.4. The van der Waals surface area contributed by atoms with Crippen molar-refractivity contribution >= 4 is 17.5 Å². The Kier molecular flexibility index (Phi) is 4.70. The van der Waals surface area contributed by atoms with Crippen molar-refractivity contribution < 1.29 is 14.3 Å². The van der Waals surface area contributed by atoms with Crippen LogP contribution in [0.2, 0.25) is 0 Å². The third kappa shape index (κ3) is 3.53. The van der Waals surface area contributed by atoms with Gasteiger partial charge in [0.2, 0.25) is 5.91 Å². The summed E-state index contributed by atoms with van der Waals surface area (Å²) in [4.78, 5) is 11.4. The van der Waals surface area contributed by atoms with Gasteiger partial charge in [-0.25, -0.2) is 0 Å². The summed E-state index contributed by atoms with van der Waals surface area (Å²) in [6.07, 6.45) is 1.17. The average Bonchev–Trinajstić information content (AvgIpc) is 2.42. The number of rotatable bonds is 5. The lowest BCUT2D eigenvalue weighted by Crippen LogP contribution is -2.22. The van der Waals surface area contributed by atoms with Gasteiger partial charge in [0.25, 0.3) is 0 Å². The third-order valence-electron chi connectivity index (χ3n) is 2.63. The van der Waals surface area contributed by atoms with Crippen LogP contribution in [0.1, 0.15) is 18.4 Å². The van der Waals surface area contributed by atoms with Gasteiger partial charge in [-0.05, 0) is 24.1 Å². The Labute approximate surface area is 111 Å². The fourth-order valence-electron chi connectivity index (χ4n) is 1.71. The third-order valence-corrected chi connectivity index (χ3v) is 2.90. The largest absolute Gasteiger partial charge is 0.486 e. The van der Waals surface area contributed by atoms with E-state index in [1.807, 2.05) is 18.2 Å². The molecule has 0 unspecified atom stereocenters. The van der Waals surface area contributed by atoms with Gasteiger partial charge in [0.1, 0.15) is 13.2 Å². The number of alkyl halides is 1. The van der Waals surface area contributed by atoms with Crippen molar-refractivity contribution in [1.82, 2.24) is 5.32 Å². The van der Waals surface area contributed by atoms with Crippen LogP contribution in [0, 0.1) is 0 Å². The number of halogens is 1. The molecule has 0 aromatic heterocycles. The molecule has 0 saturated carbocycles. The molecule has 1 aromatic carbocycles. The number of nitrogens with one attached hydrogen (secondary N) is 1. The summed E-state index contributed by atoms with van der Waals surface area (Å²) in [6.45, 7) is 1.65. The Balaban J connectivity index is 1.88. The molecule has 1 N–H and O–H groups in total. The van der Waals surface area contributed by atoms with E-state index in [2.05, 4.69) is 5.32 Å². The van der Waals surface area contributed by atoms with Crippen molar-refractivity contribution in [3.05, 3.63) is 23.8 Å². The minimum absolute atomic E-state index is 0.0190. The number of carbonyl (C=O) groups is 1. The summed E-state index contributed by atoms with van der Waals surface area (Å²) in [5, 5.41) is 2.85. The topological polar surface area (TPSA) is 47.6 Å². The van der Waals surface area contributed by atoms with E-state index < -0.39 is 0 Å². The number of hydrogen-bond acceptors (Lipinski definition) is 3. The van der Waals surface area contributed by atoms with E-state index in [-0.39, 0.29) is 5.91 Å². The molecule has 2 rings (SSSR count). The number of amides is 1. The summed E-state index contributed by atoms with van der Waals surface area (Å²) in [5.41, 5.74) is 0.999. The summed E-state index contributed by atoms with van der Waals surface area (Å²) in [5.74, 6) is 2.04. The second-order valence-corrected chi connectivity index (χ2v) is 4.43. The molecule has 0 saturated heterocycles. The fraction of sp³-hybridized carbons (Fsp3) is 0.462. The summed E-state index contributed by atoms with van der Waals surface area (Å²) >= 11 is 5.53. The quantitative estimate of drug-likeness (QED) is 0.833. The van der Waals surface area contributed by atoms with Crippen molar-refractivity contribution in [1.29, 1.82) is 0 Å². The van der Waals surface area contributed by atoms with E-state index in [1.54, 1.807) is 0 Å². The predicted molar refractivity (Wildman–Crippen MR) is 69.2 cm³/mol. The first-order valence-corrected chi connectivity index (χ1v) is 6.54. The van der Waals surface area contributed by atoms with Crippen LogP contribution in [-0.4, -0.2) is 25.0 Å². The summed E-state index contributed by atoms with van der Waals surface area (Å²) < 4.78 is 10.9. The first kappa shape index (κ1) is 13.0. The average molecular weight is 270 g/mol. The van der Waals surface area contributed by atoms with Crippen LogP contribution in [0.15, 0.2) is 18.2 Å². The molecule has 1 amide bonds. The molecule has 1 aromatic rings. The minimum Gasteiger partial charge on any atom is -0.486 e. The second kappa shape index (κ2) is 6.50. The lowest BCUT2D eigenvalue weighted by molar-refractivity contribution is -0.121. The molecular weight excluding hydrogens is 254 g/mol. The Morgan fingerprint density at radius 1 is 1.28 bits per heavy atom. The monoisotopic (exact) mass is 269 g/mol. The van der Waals surface area contributed by atoms with Crippen LogP contribution in [-0.2, 0) is 11.3 Å². The van der Waals surface area contributed by atoms with E-state index in [0.29, 0.717) is 38.5 Å². The minimum atomic E-state index is 0.0190. The molecule has 98 valence electrons. The normalized spacial score (nSPS) is 13.2. The SMILES string of the molecule is O=C(CCCCl)NCc1ccc2c(c1)OCCO2. The van der Waals surface area contributed by atoms with Gasteiger partial charge >= 0.3 is 0 Å². The van der Waals surface area contributed by atoms with E-state index in [9.17, 15) is 4.79 Å². The van der Waals surface area contributed by atoms with Gasteiger partial charge < -0.3 is 14.8 Å². The van der Waals surface area contributed by atoms with E-state index >= 15 is 0 Å². The molecule has 1 aliphatic rings. The van der Waals surface area contributed by atoms with Gasteiger partial charge in [-0.2, -0.15) is 0 Å². The highest BCUT2D eigenvalue weighted by Gasteiger charge is 2.11. The van der Waals surface area contributed by atoms with Gasteiger partial charge in [-0.3, -0.25) is 4.79 Å². The maximum Gasteiger partial charge on any atom is 0.220 e. The Morgan fingerprint density at radius 2 is 2.06 bits per heavy atom. The number of carbonyl (C=O) groups excluding carboxylic acids is 1. The lowest BCUT2D eigenvalue weighted by atomic mass is 10.2. The summed E-state index contributed by atoms with van der Waals surface area (Å²) in [6, 6.07) is 5.69. The zero-order chi connectivity index (χ0) is 12.8. The molecule has 1 heterocycles. The van der Waals surface area contributed by atoms with E-state index in [0.717, 1.165) is 17.1 Å². The highest BCUT2D eigenvalue weighted by molar-refractivity contribution is 6.17. The van der Waals surface area contributed by atoms with Crippen molar-refractivity contribution in [2.24, 2.45) is 0 Å². The zero-order valence-electron chi connectivity index (χ0n) is 10.1. The fourth-order valence-corrected chi connectivity index (χ4v) is 1.85. The van der Waals surface area contributed by atoms with Crippen LogP contribution < -0.4 is 14.8 Å². The first-order valence-electron chi connectivity index (χ1n) is 6.01. The van der Waals surface area contributed by atoms with Gasteiger partial charge in [0.05, 0.1) is 0 Å². The van der Waals surface area contributed by atoms with Crippen LogP contribution in [0.25, 0.3) is 0 Å². The molecular formula is C13H16ClNO3. The molecule has 0 bridgehead atoms. The van der Waals surface area contributed by atoms with E-state index in [1.165, 1.54) is 0 Å². The van der Waals surface area contributed by atoms with Crippen LogP contribution in [0.5, 0.6) is 11.5 Å². The highest BCUT2D eigenvalue weighted by Crippen LogP contribution is 2.30. The van der Waals surface area contributed by atoms with Gasteiger partial charge in [0, 0.05) is 18.8 Å². The molecule has 0 aliphatic carbocycles. The van der Waals surface area contributed by atoms with E-state index in [4.69, 9.17) is 21.1 Å². The number of ether oxygens (including phenoxy) is 2. The molecule has 0 fully saturated rings. The van der Waals surface area contributed by atoms with Crippen LogP contribution in [0.3, 0.4) is 0 Å². The Hall–Kier alpha value is -1.42. The molecule has 1 aliphatic heterocycles. The zero-order valence-corrected chi connectivity index (χ0v) is 10.8. The molecule has 5 heteroatoms. The van der Waals surface area contributed by atoms with Crippen LogP contribution >= 0.6 is 11.6 Å². The Morgan fingerprint density at radius 3 is 2.83 bits per heavy atom. The van der Waals surface area contributed by atoms with Gasteiger partial charge in [0.15, 0.2) is 11.5 Å². The highest BCUT2D eigenvalue weighted by atomic mass is 35.5. The predicted octanol–water partition coefficient (Wildman–Crippen LogP) is 2.09. The summed E-state index contributed by atoms with van der Waals surface area (Å²) in [7, 11) is 0. The first-order chi connectivity index (χ1) is 8.79. The number of fused-ring (bicyclic) bond motifs is 1. The van der Waals surface area contributed by atoms with Crippen molar-refractivity contribution in [3.8, 4) is 11.5 Å². The molecule has 0 radical (unpaired) electrons. The molecule has 0 spiro atoms. The van der Waals surface area contributed by atoms with Gasteiger partial charge in [-0.15, -0.1) is 11.6 Å². The lowest BCUT2D eigenvalue weighted by Gasteiger charge is -2.18. The number of hydrogen-bond donors (Lipinski definition) is 1. The van der Waals surface area contributed by atoms with Gasteiger partial charge in [-0.1, -0.05) is 6.07 Å². The standard InChI is InChI=1S/C13H16ClNO3/c14-5-1-2-13(16)15-9-10-3-4-11-12(8-10)18-7-6-17-11/h3-4,8H,1-2,5-7,9H2,(H,15,16). The second-order valence-electron chi connectivity index (χ2n) is 4.05. The van der Waals surface area contributed by atoms with Crippen molar-refractivity contribution in [2.75, 3.05) is 19.1 Å². The maximum absolute atomic E-state index is 11.4. The smallest absolute Gasteiger partial charge is 0.220 e.